The van der Waals surface area contributed by atoms with Crippen molar-refractivity contribution in [3.8, 4) is 17.2 Å². The molecule has 0 fully saturated rings. The molecule has 2 aromatic rings. The molecule has 0 saturated carbocycles. The second-order valence-electron chi connectivity index (χ2n) is 4.86. The molecule has 3 N–H and O–H groups in total. The van der Waals surface area contributed by atoms with E-state index >= 15 is 0 Å². The highest BCUT2D eigenvalue weighted by Crippen LogP contribution is 2.41. The van der Waals surface area contributed by atoms with Crippen molar-refractivity contribution in [3.63, 3.8) is 0 Å². The first-order chi connectivity index (χ1) is 12.0. The number of para-hydroxylation sites is 1. The zero-order valence-electron chi connectivity index (χ0n) is 13.4. The third-order valence-electron chi connectivity index (χ3n) is 3.17. The van der Waals surface area contributed by atoms with Crippen LogP contribution in [0, 0.1) is 0 Å². The van der Waals surface area contributed by atoms with Gasteiger partial charge in [-0.25, -0.2) is 9.59 Å². The van der Waals surface area contributed by atoms with Gasteiger partial charge in [-0.1, -0.05) is 18.2 Å². The maximum Gasteiger partial charge on any atom is 0.414 e. The van der Waals surface area contributed by atoms with Crippen LogP contribution in [0.5, 0.6) is 17.2 Å². The molecule has 1 heterocycles. The molecular formula is C17H17NO7. The van der Waals surface area contributed by atoms with Gasteiger partial charge in [0.25, 0.3) is 0 Å². The largest absolute Gasteiger partial charge is 0.493 e. The van der Waals surface area contributed by atoms with Gasteiger partial charge in [0, 0.05) is 12.2 Å². The number of carboxylic acids is 2. The molecule has 8 nitrogen and oxygen atoms in total. The quantitative estimate of drug-likeness (QED) is 0.721. The van der Waals surface area contributed by atoms with E-state index in [1.807, 2.05) is 42.5 Å². The van der Waals surface area contributed by atoms with E-state index in [9.17, 15) is 0 Å². The van der Waals surface area contributed by atoms with Gasteiger partial charge in [-0.05, 0) is 29.8 Å². The second-order valence-corrected chi connectivity index (χ2v) is 4.86. The van der Waals surface area contributed by atoms with Crippen molar-refractivity contribution in [2.45, 2.75) is 6.54 Å². The third-order valence-corrected chi connectivity index (χ3v) is 3.17. The van der Waals surface area contributed by atoms with Crippen LogP contribution in [0.3, 0.4) is 0 Å². The van der Waals surface area contributed by atoms with Crippen LogP contribution in [-0.4, -0.2) is 36.1 Å². The first-order valence-corrected chi connectivity index (χ1v) is 7.23. The van der Waals surface area contributed by atoms with Crippen molar-refractivity contribution in [2.75, 3.05) is 19.2 Å². The van der Waals surface area contributed by atoms with Gasteiger partial charge in [-0.2, -0.15) is 0 Å². The van der Waals surface area contributed by atoms with Crippen LogP contribution in [-0.2, 0) is 16.1 Å². The minimum atomic E-state index is -1.82. The fraction of sp³-hybridized carbons (Fsp3) is 0.176. The van der Waals surface area contributed by atoms with Gasteiger partial charge in [0.1, 0.15) is 0 Å². The molecule has 2 aromatic carbocycles. The average Bonchev–Trinajstić information content (AvgIpc) is 3.09. The van der Waals surface area contributed by atoms with Gasteiger partial charge >= 0.3 is 11.9 Å². The number of hydrogen-bond donors (Lipinski definition) is 3. The zero-order valence-corrected chi connectivity index (χ0v) is 13.4. The zero-order chi connectivity index (χ0) is 18.2. The lowest BCUT2D eigenvalue weighted by Crippen LogP contribution is -2.09. The molecule has 0 aromatic heterocycles. The van der Waals surface area contributed by atoms with E-state index in [0.717, 1.165) is 17.0 Å². The topological polar surface area (TPSA) is 114 Å². The number of anilines is 1. The molecule has 132 valence electrons. The predicted octanol–water partition coefficient (Wildman–Crippen LogP) is 2.19. The molecule has 0 atom stereocenters. The summed E-state index contributed by atoms with van der Waals surface area (Å²) in [6.07, 6.45) is 0. The fourth-order valence-corrected chi connectivity index (χ4v) is 2.05. The summed E-state index contributed by atoms with van der Waals surface area (Å²) in [5.41, 5.74) is 2.17. The maximum absolute atomic E-state index is 9.10. The molecule has 3 rings (SSSR count). The summed E-state index contributed by atoms with van der Waals surface area (Å²) in [5, 5.41) is 18.1. The number of benzene rings is 2. The number of carbonyl (C=O) groups is 2. The Bertz CT molecular complexity index is 734. The van der Waals surface area contributed by atoms with E-state index in [0.29, 0.717) is 18.0 Å². The number of methoxy groups -OCH3 is 1. The van der Waals surface area contributed by atoms with Gasteiger partial charge in [-0.3, -0.25) is 0 Å². The summed E-state index contributed by atoms with van der Waals surface area (Å²) in [6.45, 7) is 0.957. The minimum absolute atomic E-state index is 0.251. The van der Waals surface area contributed by atoms with E-state index in [4.69, 9.17) is 34.0 Å². The third kappa shape index (κ3) is 5.03. The Balaban J connectivity index is 0.000000326. The maximum atomic E-state index is 9.10. The Morgan fingerprint density at radius 3 is 2.40 bits per heavy atom. The first-order valence-electron chi connectivity index (χ1n) is 7.23. The van der Waals surface area contributed by atoms with E-state index < -0.39 is 11.9 Å². The van der Waals surface area contributed by atoms with Crippen LogP contribution in [0.15, 0.2) is 42.5 Å². The predicted molar refractivity (Wildman–Crippen MR) is 88.2 cm³/mol. The van der Waals surface area contributed by atoms with Crippen LogP contribution in [0.1, 0.15) is 5.56 Å². The minimum Gasteiger partial charge on any atom is -0.493 e. The normalized spacial score (nSPS) is 11.1. The SMILES string of the molecule is COc1cc(CNc2ccccc2)cc2c1OCO2.O=C(O)C(=O)O. The van der Waals surface area contributed by atoms with Crippen molar-refractivity contribution in [1.82, 2.24) is 0 Å². The van der Waals surface area contributed by atoms with Crippen LogP contribution in [0.4, 0.5) is 5.69 Å². The van der Waals surface area contributed by atoms with Gasteiger partial charge in [0.2, 0.25) is 12.5 Å². The Hall–Kier alpha value is -3.42. The highest BCUT2D eigenvalue weighted by molar-refractivity contribution is 6.27. The monoisotopic (exact) mass is 347 g/mol. The van der Waals surface area contributed by atoms with Crippen molar-refractivity contribution >= 4 is 17.6 Å². The summed E-state index contributed by atoms with van der Waals surface area (Å²) in [5.74, 6) is -1.51. The Morgan fingerprint density at radius 2 is 1.80 bits per heavy atom. The number of aliphatic carboxylic acids is 2. The number of ether oxygens (including phenoxy) is 3. The lowest BCUT2D eigenvalue weighted by molar-refractivity contribution is -0.159. The molecule has 0 aliphatic carbocycles. The lowest BCUT2D eigenvalue weighted by Gasteiger charge is -2.10. The molecule has 0 unspecified atom stereocenters. The molecule has 1 aliphatic heterocycles. The van der Waals surface area contributed by atoms with Gasteiger partial charge in [-0.15, -0.1) is 0 Å². The van der Waals surface area contributed by atoms with E-state index in [2.05, 4.69) is 5.32 Å². The van der Waals surface area contributed by atoms with Gasteiger partial charge in [0.15, 0.2) is 11.5 Å². The van der Waals surface area contributed by atoms with Gasteiger partial charge in [0.05, 0.1) is 7.11 Å². The van der Waals surface area contributed by atoms with E-state index in [1.54, 1.807) is 7.11 Å². The Labute approximate surface area is 143 Å². The molecule has 1 aliphatic rings. The molecule has 0 amide bonds. The Kier molecular flexibility index (Phi) is 6.05. The second kappa shape index (κ2) is 8.44. The van der Waals surface area contributed by atoms with Crippen molar-refractivity contribution < 1.29 is 34.0 Å². The summed E-state index contributed by atoms with van der Waals surface area (Å²) in [7, 11) is 1.63. The number of fused-ring (bicyclic) bond motifs is 1. The molecule has 25 heavy (non-hydrogen) atoms. The number of hydrogen-bond acceptors (Lipinski definition) is 6. The Morgan fingerprint density at radius 1 is 1.12 bits per heavy atom. The van der Waals surface area contributed by atoms with Crippen LogP contribution in [0.2, 0.25) is 0 Å². The fourth-order valence-electron chi connectivity index (χ4n) is 2.05. The summed E-state index contributed by atoms with van der Waals surface area (Å²) in [6, 6.07) is 14.0. The van der Waals surface area contributed by atoms with Crippen molar-refractivity contribution in [1.29, 1.82) is 0 Å². The van der Waals surface area contributed by atoms with Crippen molar-refractivity contribution in [2.24, 2.45) is 0 Å². The van der Waals surface area contributed by atoms with Crippen LogP contribution >= 0.6 is 0 Å². The molecule has 0 saturated heterocycles. The van der Waals surface area contributed by atoms with Crippen LogP contribution in [0.25, 0.3) is 0 Å². The average molecular weight is 347 g/mol. The summed E-state index contributed by atoms with van der Waals surface area (Å²) >= 11 is 0. The highest BCUT2D eigenvalue weighted by Gasteiger charge is 2.19. The van der Waals surface area contributed by atoms with E-state index in [1.165, 1.54) is 0 Å². The van der Waals surface area contributed by atoms with Crippen molar-refractivity contribution in [3.05, 3.63) is 48.0 Å². The molecular weight excluding hydrogens is 330 g/mol. The highest BCUT2D eigenvalue weighted by atomic mass is 16.7. The number of carboxylic acid groups (broad SMARTS) is 2. The van der Waals surface area contributed by atoms with Gasteiger partial charge < -0.3 is 29.7 Å². The summed E-state index contributed by atoms with van der Waals surface area (Å²) < 4.78 is 16.1. The molecule has 0 bridgehead atoms. The number of nitrogens with one attached hydrogen (secondary N) is 1. The molecule has 8 heteroatoms. The number of rotatable bonds is 4. The first kappa shape index (κ1) is 17.9. The standard InChI is InChI=1S/C15H15NO3.C2H2O4/c1-17-13-7-11(8-14-15(13)19-10-18-14)9-16-12-5-3-2-4-6-12;3-1(4)2(5)6/h2-8,16H,9-10H2,1H3;(H,3,4)(H,5,6). The lowest BCUT2D eigenvalue weighted by atomic mass is 10.1. The summed E-state index contributed by atoms with van der Waals surface area (Å²) in [4.78, 5) is 18.2. The van der Waals surface area contributed by atoms with Crippen LogP contribution < -0.4 is 19.5 Å². The molecule has 0 radical (unpaired) electrons. The molecule has 0 spiro atoms. The smallest absolute Gasteiger partial charge is 0.414 e. The van der Waals surface area contributed by atoms with E-state index in [-0.39, 0.29) is 6.79 Å².